The molecule has 0 saturated heterocycles. The van der Waals surface area contributed by atoms with Gasteiger partial charge in [0.25, 0.3) is 0 Å². The van der Waals surface area contributed by atoms with Crippen molar-refractivity contribution in [2.75, 3.05) is 0 Å². The summed E-state index contributed by atoms with van der Waals surface area (Å²) in [5.41, 5.74) is 1.96. The fourth-order valence-corrected chi connectivity index (χ4v) is 6.98. The van der Waals surface area contributed by atoms with E-state index < -0.39 is 90.6 Å². The molecule has 56 heavy (non-hydrogen) atoms. The van der Waals surface area contributed by atoms with Crippen LogP contribution in [0.4, 0.5) is 0 Å². The highest BCUT2D eigenvalue weighted by atomic mass is 16.3. The first-order chi connectivity index (χ1) is 34.0. The molecule has 0 aliphatic heterocycles. The van der Waals surface area contributed by atoms with Gasteiger partial charge < -0.3 is 8.98 Å². The molecule has 0 N–H and O–H groups in total. The minimum atomic E-state index is -0.658. The summed E-state index contributed by atoms with van der Waals surface area (Å²) in [6.07, 6.45) is 0. The van der Waals surface area contributed by atoms with Crippen molar-refractivity contribution in [3.05, 3.63) is 194 Å². The Morgan fingerprint density at radius 1 is 0.411 bits per heavy atom. The number of benzene rings is 8. The highest BCUT2D eigenvalue weighted by Gasteiger charge is 2.21. The van der Waals surface area contributed by atoms with Crippen LogP contribution in [0.15, 0.2) is 198 Å². The Morgan fingerprint density at radius 2 is 0.982 bits per heavy atom. The fraction of sp³-hybridized carbons (Fsp3) is 0. The number of nitrogens with zero attached hydrogens (tertiary/aromatic N) is 4. The van der Waals surface area contributed by atoms with E-state index in [0.29, 0.717) is 11.1 Å². The predicted octanol–water partition coefficient (Wildman–Crippen LogP) is 13.2. The quantitative estimate of drug-likeness (QED) is 0.171. The fourth-order valence-electron chi connectivity index (χ4n) is 6.98. The van der Waals surface area contributed by atoms with Gasteiger partial charge in [0, 0.05) is 38.2 Å². The van der Waals surface area contributed by atoms with Crippen LogP contribution in [0.3, 0.4) is 0 Å². The van der Waals surface area contributed by atoms with E-state index in [1.54, 1.807) is 6.07 Å². The number of aromatic nitrogens is 4. The Kier molecular flexibility index (Phi) is 4.70. The molecule has 5 nitrogen and oxygen atoms in total. The first-order valence-electron chi connectivity index (χ1n) is 25.1. The first kappa shape index (κ1) is 20.2. The first-order valence-corrected chi connectivity index (χ1v) is 17.6. The lowest BCUT2D eigenvalue weighted by atomic mass is 9.99. The van der Waals surface area contributed by atoms with Crippen molar-refractivity contribution in [2.45, 2.75) is 0 Å². The van der Waals surface area contributed by atoms with Crippen molar-refractivity contribution in [2.24, 2.45) is 0 Å². The van der Waals surface area contributed by atoms with E-state index in [2.05, 4.69) is 0 Å². The van der Waals surface area contributed by atoms with E-state index in [1.165, 1.54) is 16.7 Å². The highest BCUT2D eigenvalue weighted by molar-refractivity contribution is 6.10. The van der Waals surface area contributed by atoms with Crippen molar-refractivity contribution < 1.29 is 25.0 Å². The molecule has 0 aliphatic rings. The summed E-state index contributed by atoms with van der Waals surface area (Å²) in [4.78, 5) is 14.9. The topological polar surface area (TPSA) is 56.7 Å². The van der Waals surface area contributed by atoms with E-state index in [9.17, 15) is 5.48 Å². The normalized spacial score (nSPS) is 15.3. The van der Waals surface area contributed by atoms with Crippen molar-refractivity contribution in [1.29, 1.82) is 0 Å². The summed E-state index contributed by atoms with van der Waals surface area (Å²) in [5, 5.41) is -0.727. The number of hydrogen-bond donors (Lipinski definition) is 0. The second-order valence-corrected chi connectivity index (χ2v) is 12.9. The van der Waals surface area contributed by atoms with E-state index in [4.69, 9.17) is 34.4 Å². The Hall–Kier alpha value is -7.63. The summed E-state index contributed by atoms with van der Waals surface area (Å²) in [5.74, 6) is 0.484. The lowest BCUT2D eigenvalue weighted by molar-refractivity contribution is 0.669. The molecule has 0 atom stereocenters. The zero-order chi connectivity index (χ0) is 50.1. The van der Waals surface area contributed by atoms with Crippen LogP contribution in [0.2, 0.25) is 0 Å². The predicted molar refractivity (Wildman–Crippen MR) is 229 cm³/mol. The molecule has 3 aromatic heterocycles. The van der Waals surface area contributed by atoms with Crippen molar-refractivity contribution in [3.63, 3.8) is 0 Å². The third-order valence-corrected chi connectivity index (χ3v) is 9.58. The standard InChI is InChI=1S/C51H32N4O/c1-3-14-33(15-4-1)35-18-13-19-38(30-35)50-52-49(34-16-5-2-6-17-34)53-51(54-50)42-28-26-37(36-27-29-48-43(31-36)41-22-9-12-25-47(41)56-48)32-46(42)55-44-23-10-7-20-39(44)40-21-8-11-24-45(40)55/h1-32H/i7D,8D,9D,10D,11D,12D,20D,21D,22D,23D,24D,25D,27D,29D,31D. The second-order valence-electron chi connectivity index (χ2n) is 12.9. The highest BCUT2D eigenvalue weighted by Crippen LogP contribution is 2.40. The van der Waals surface area contributed by atoms with Gasteiger partial charge in [0.05, 0.1) is 37.3 Å². The van der Waals surface area contributed by atoms with Gasteiger partial charge in [0.2, 0.25) is 0 Å². The summed E-state index contributed by atoms with van der Waals surface area (Å²) in [6.45, 7) is 0. The Labute approximate surface area is 343 Å². The minimum absolute atomic E-state index is 0.0165. The summed E-state index contributed by atoms with van der Waals surface area (Å²) in [7, 11) is 0. The van der Waals surface area contributed by atoms with Gasteiger partial charge in [-0.25, -0.2) is 15.0 Å². The maximum absolute atomic E-state index is 9.63. The number of rotatable bonds is 6. The average molecular weight is 732 g/mol. The van der Waals surface area contributed by atoms with Crippen molar-refractivity contribution >= 4 is 43.7 Å². The van der Waals surface area contributed by atoms with Crippen LogP contribution in [0.1, 0.15) is 20.6 Å². The van der Waals surface area contributed by atoms with Crippen LogP contribution in [0, 0.1) is 0 Å². The summed E-state index contributed by atoms with van der Waals surface area (Å²) < 4.78 is 141. The SMILES string of the molecule is [2H]c1c([2H])c([2H])c2c(oc3c([2H])c([2H])c(-c4ccc(-c5nc(-c6ccccc6)nc(-c6cccc(-c7ccccc7)c6)n5)c(-n5c6c([2H])c([2H])c([2H])c([2H])c6c6c([2H])c([2H])c([2H])c([2H])c65)c4)c([2H])c32)c1[2H]. The third kappa shape index (κ3) is 5.37. The van der Waals surface area contributed by atoms with Gasteiger partial charge in [-0.1, -0.05) is 145 Å². The molecular formula is C51H32N4O. The van der Waals surface area contributed by atoms with Gasteiger partial charge in [-0.15, -0.1) is 0 Å². The van der Waals surface area contributed by atoms with Crippen LogP contribution >= 0.6 is 0 Å². The van der Waals surface area contributed by atoms with Gasteiger partial charge in [0.15, 0.2) is 17.5 Å². The van der Waals surface area contributed by atoms with Gasteiger partial charge in [-0.2, -0.15) is 0 Å². The van der Waals surface area contributed by atoms with Crippen molar-refractivity contribution in [1.82, 2.24) is 19.5 Å². The molecule has 262 valence electrons. The zero-order valence-corrected chi connectivity index (χ0v) is 29.0. The van der Waals surface area contributed by atoms with Crippen LogP contribution in [-0.2, 0) is 0 Å². The Morgan fingerprint density at radius 3 is 1.73 bits per heavy atom. The lowest BCUT2D eigenvalue weighted by Gasteiger charge is -2.16. The third-order valence-electron chi connectivity index (χ3n) is 9.58. The molecule has 0 unspecified atom stereocenters. The van der Waals surface area contributed by atoms with E-state index >= 15 is 0 Å². The number of furan rings is 1. The lowest BCUT2D eigenvalue weighted by Crippen LogP contribution is -2.04. The molecule has 8 aromatic carbocycles. The van der Waals surface area contributed by atoms with Gasteiger partial charge >= 0.3 is 0 Å². The maximum atomic E-state index is 9.63. The number of para-hydroxylation sites is 3. The smallest absolute Gasteiger partial charge is 0.166 e. The molecule has 0 spiro atoms. The molecule has 0 bridgehead atoms. The van der Waals surface area contributed by atoms with Crippen LogP contribution < -0.4 is 0 Å². The number of fused-ring (bicyclic) bond motifs is 6. The summed E-state index contributed by atoms with van der Waals surface area (Å²) in [6, 6.07) is 22.3. The summed E-state index contributed by atoms with van der Waals surface area (Å²) >= 11 is 0. The molecule has 0 fully saturated rings. The van der Waals surface area contributed by atoms with E-state index in [-0.39, 0.29) is 83.6 Å². The second kappa shape index (κ2) is 13.0. The Bertz CT molecular complexity index is 4050. The molecule has 0 radical (unpaired) electrons. The van der Waals surface area contributed by atoms with Gasteiger partial charge in [0.1, 0.15) is 11.2 Å². The van der Waals surface area contributed by atoms with Gasteiger partial charge in [-0.3, -0.25) is 0 Å². The van der Waals surface area contributed by atoms with Gasteiger partial charge in [-0.05, 0) is 70.7 Å². The zero-order valence-electron chi connectivity index (χ0n) is 44.0. The molecule has 5 heteroatoms. The van der Waals surface area contributed by atoms with Crippen LogP contribution in [-0.4, -0.2) is 19.5 Å². The average Bonchev–Trinajstić information content (AvgIpc) is 3.98. The van der Waals surface area contributed by atoms with E-state index in [0.717, 1.165) is 11.1 Å². The van der Waals surface area contributed by atoms with Crippen LogP contribution in [0.25, 0.3) is 106 Å². The molecule has 0 aliphatic carbocycles. The molecule has 0 saturated carbocycles. The Balaban J connectivity index is 1.30. The minimum Gasteiger partial charge on any atom is -0.456 e. The number of hydrogen-bond acceptors (Lipinski definition) is 4. The largest absolute Gasteiger partial charge is 0.456 e. The molecular weight excluding hydrogens is 685 g/mol. The molecule has 11 rings (SSSR count). The molecule has 11 aromatic rings. The van der Waals surface area contributed by atoms with Crippen LogP contribution in [0.5, 0.6) is 0 Å². The monoisotopic (exact) mass is 731 g/mol. The maximum Gasteiger partial charge on any atom is 0.166 e. The molecule has 3 heterocycles. The van der Waals surface area contributed by atoms with E-state index in [1.807, 2.05) is 84.9 Å². The molecule has 0 amide bonds. The van der Waals surface area contributed by atoms with Crippen molar-refractivity contribution in [3.8, 4) is 62.1 Å².